The number of hydrogen-bond donors (Lipinski definition) is 1. The van der Waals surface area contributed by atoms with Crippen LogP contribution in [0.25, 0.3) is 11.3 Å². The summed E-state index contributed by atoms with van der Waals surface area (Å²) in [5.74, 6) is 1.28. The molecule has 8 heteroatoms. The SMILES string of the molecule is COc1ccc(-c2onc(C)c2C)cc1S(=O)(=O)NCc1ccco1. The van der Waals surface area contributed by atoms with Gasteiger partial charge >= 0.3 is 0 Å². The third-order valence-electron chi connectivity index (χ3n) is 3.89. The summed E-state index contributed by atoms with van der Waals surface area (Å²) in [6.45, 7) is 3.74. The maximum Gasteiger partial charge on any atom is 0.244 e. The molecule has 1 aromatic carbocycles. The van der Waals surface area contributed by atoms with Gasteiger partial charge in [0.15, 0.2) is 5.76 Å². The Balaban J connectivity index is 1.98. The summed E-state index contributed by atoms with van der Waals surface area (Å²) in [6, 6.07) is 8.22. The zero-order chi connectivity index (χ0) is 18.0. The van der Waals surface area contributed by atoms with Crippen molar-refractivity contribution in [2.75, 3.05) is 7.11 Å². The Morgan fingerprint density at radius 1 is 1.24 bits per heavy atom. The minimum absolute atomic E-state index is 0.0208. The van der Waals surface area contributed by atoms with Gasteiger partial charge in [0.2, 0.25) is 10.0 Å². The van der Waals surface area contributed by atoms with Crippen LogP contribution in [0.2, 0.25) is 0 Å². The summed E-state index contributed by atoms with van der Waals surface area (Å²) in [6.07, 6.45) is 1.49. The van der Waals surface area contributed by atoms with E-state index in [-0.39, 0.29) is 17.2 Å². The summed E-state index contributed by atoms with van der Waals surface area (Å²) in [5, 5.41) is 3.91. The first-order valence-electron chi connectivity index (χ1n) is 7.55. The molecule has 132 valence electrons. The van der Waals surface area contributed by atoms with Crippen molar-refractivity contribution in [3.8, 4) is 17.1 Å². The molecule has 0 amide bonds. The van der Waals surface area contributed by atoms with Gasteiger partial charge in [-0.3, -0.25) is 0 Å². The normalized spacial score (nSPS) is 11.6. The van der Waals surface area contributed by atoms with Gasteiger partial charge < -0.3 is 13.7 Å². The highest BCUT2D eigenvalue weighted by Gasteiger charge is 2.22. The Morgan fingerprint density at radius 3 is 2.64 bits per heavy atom. The lowest BCUT2D eigenvalue weighted by Crippen LogP contribution is -2.23. The predicted octanol–water partition coefficient (Wildman–Crippen LogP) is 3.04. The molecule has 0 radical (unpaired) electrons. The van der Waals surface area contributed by atoms with E-state index in [0.717, 1.165) is 11.3 Å². The van der Waals surface area contributed by atoms with Crippen LogP contribution in [-0.4, -0.2) is 20.7 Å². The van der Waals surface area contributed by atoms with Crippen molar-refractivity contribution in [3.05, 3.63) is 53.6 Å². The molecular weight excluding hydrogens is 344 g/mol. The molecule has 0 atom stereocenters. The van der Waals surface area contributed by atoms with Crippen LogP contribution >= 0.6 is 0 Å². The van der Waals surface area contributed by atoms with E-state index >= 15 is 0 Å². The van der Waals surface area contributed by atoms with E-state index in [1.54, 1.807) is 24.3 Å². The number of furan rings is 1. The number of nitrogens with one attached hydrogen (secondary N) is 1. The monoisotopic (exact) mass is 362 g/mol. The van der Waals surface area contributed by atoms with Crippen LogP contribution in [0.15, 0.2) is 50.4 Å². The number of sulfonamides is 1. The van der Waals surface area contributed by atoms with Crippen LogP contribution in [0.3, 0.4) is 0 Å². The van der Waals surface area contributed by atoms with E-state index in [4.69, 9.17) is 13.7 Å². The van der Waals surface area contributed by atoms with Crippen molar-refractivity contribution >= 4 is 10.0 Å². The van der Waals surface area contributed by atoms with Gasteiger partial charge in [0.25, 0.3) is 0 Å². The first-order chi connectivity index (χ1) is 11.9. The zero-order valence-electron chi connectivity index (χ0n) is 14.1. The highest BCUT2D eigenvalue weighted by molar-refractivity contribution is 7.89. The van der Waals surface area contributed by atoms with E-state index in [0.29, 0.717) is 17.1 Å². The van der Waals surface area contributed by atoms with Crippen molar-refractivity contribution < 1.29 is 22.1 Å². The second kappa shape index (κ2) is 6.73. The molecule has 2 heterocycles. The smallest absolute Gasteiger partial charge is 0.244 e. The average molecular weight is 362 g/mol. The minimum atomic E-state index is -3.81. The molecule has 0 aliphatic rings. The summed E-state index contributed by atoms with van der Waals surface area (Å²) in [5.41, 5.74) is 2.22. The number of benzene rings is 1. The van der Waals surface area contributed by atoms with Gasteiger partial charge in [-0.15, -0.1) is 0 Å². The van der Waals surface area contributed by atoms with E-state index in [9.17, 15) is 8.42 Å². The fraction of sp³-hybridized carbons (Fsp3) is 0.235. The molecule has 0 aliphatic heterocycles. The van der Waals surface area contributed by atoms with Crippen LogP contribution in [0.5, 0.6) is 5.75 Å². The predicted molar refractivity (Wildman–Crippen MR) is 90.7 cm³/mol. The molecule has 0 saturated heterocycles. The summed E-state index contributed by atoms with van der Waals surface area (Å²) in [7, 11) is -2.39. The van der Waals surface area contributed by atoms with Crippen LogP contribution in [0, 0.1) is 13.8 Å². The Labute approximate surface area is 145 Å². The first-order valence-corrected chi connectivity index (χ1v) is 9.04. The van der Waals surface area contributed by atoms with Gasteiger partial charge in [0, 0.05) is 11.1 Å². The number of methoxy groups -OCH3 is 1. The van der Waals surface area contributed by atoms with Crippen molar-refractivity contribution in [2.24, 2.45) is 0 Å². The molecule has 0 unspecified atom stereocenters. The zero-order valence-corrected chi connectivity index (χ0v) is 14.9. The molecular formula is C17H18N2O5S. The summed E-state index contributed by atoms with van der Waals surface area (Å²) >= 11 is 0. The molecule has 7 nitrogen and oxygen atoms in total. The van der Waals surface area contributed by atoms with Crippen molar-refractivity contribution in [2.45, 2.75) is 25.3 Å². The van der Waals surface area contributed by atoms with Crippen molar-refractivity contribution in [1.82, 2.24) is 9.88 Å². The molecule has 0 spiro atoms. The van der Waals surface area contributed by atoms with E-state index < -0.39 is 10.0 Å². The highest BCUT2D eigenvalue weighted by Crippen LogP contribution is 2.32. The summed E-state index contributed by atoms with van der Waals surface area (Å²) in [4.78, 5) is 0.0208. The number of aromatic nitrogens is 1. The van der Waals surface area contributed by atoms with Crippen LogP contribution in [-0.2, 0) is 16.6 Å². The molecule has 3 aromatic rings. The Kier molecular flexibility index (Phi) is 4.65. The van der Waals surface area contributed by atoms with Gasteiger partial charge in [0.05, 0.1) is 25.6 Å². The lowest BCUT2D eigenvalue weighted by molar-refractivity contribution is 0.401. The van der Waals surface area contributed by atoms with Gasteiger partial charge in [0.1, 0.15) is 16.4 Å². The Hall–Kier alpha value is -2.58. The topological polar surface area (TPSA) is 94.6 Å². The minimum Gasteiger partial charge on any atom is -0.495 e. The number of aryl methyl sites for hydroxylation is 1. The molecule has 1 N–H and O–H groups in total. The summed E-state index contributed by atoms with van der Waals surface area (Å²) < 4.78 is 43.6. The van der Waals surface area contributed by atoms with Gasteiger partial charge in [-0.1, -0.05) is 5.16 Å². The van der Waals surface area contributed by atoms with Crippen molar-refractivity contribution in [3.63, 3.8) is 0 Å². The van der Waals surface area contributed by atoms with Crippen molar-refractivity contribution in [1.29, 1.82) is 0 Å². The molecule has 3 rings (SSSR count). The highest BCUT2D eigenvalue weighted by atomic mass is 32.2. The number of rotatable bonds is 6. The first kappa shape index (κ1) is 17.2. The lowest BCUT2D eigenvalue weighted by Gasteiger charge is -2.11. The third-order valence-corrected chi connectivity index (χ3v) is 5.31. The molecule has 0 bridgehead atoms. The fourth-order valence-corrected chi connectivity index (χ4v) is 3.56. The molecule has 0 fully saturated rings. The van der Waals surface area contributed by atoms with E-state index in [1.165, 1.54) is 19.4 Å². The average Bonchev–Trinajstić information content (AvgIpc) is 3.23. The molecule has 2 aromatic heterocycles. The van der Waals surface area contributed by atoms with Crippen LogP contribution in [0.1, 0.15) is 17.0 Å². The Bertz CT molecular complexity index is 975. The van der Waals surface area contributed by atoms with Crippen LogP contribution < -0.4 is 9.46 Å². The van der Waals surface area contributed by atoms with Crippen LogP contribution in [0.4, 0.5) is 0 Å². The van der Waals surface area contributed by atoms with E-state index in [1.807, 2.05) is 13.8 Å². The molecule has 25 heavy (non-hydrogen) atoms. The Morgan fingerprint density at radius 2 is 2.04 bits per heavy atom. The molecule has 0 saturated carbocycles. The van der Waals surface area contributed by atoms with Gasteiger partial charge in [-0.05, 0) is 44.2 Å². The maximum absolute atomic E-state index is 12.7. The second-order valence-corrected chi connectivity index (χ2v) is 7.23. The lowest BCUT2D eigenvalue weighted by atomic mass is 10.1. The van der Waals surface area contributed by atoms with E-state index in [2.05, 4.69) is 9.88 Å². The standard InChI is InChI=1S/C17H18N2O5S/c1-11-12(2)19-24-17(11)13-6-7-15(22-3)16(9-13)25(20,21)18-10-14-5-4-8-23-14/h4-9,18H,10H2,1-3H3. The van der Waals surface area contributed by atoms with Gasteiger partial charge in [-0.25, -0.2) is 13.1 Å². The number of ether oxygens (including phenoxy) is 1. The maximum atomic E-state index is 12.7. The largest absolute Gasteiger partial charge is 0.495 e. The quantitative estimate of drug-likeness (QED) is 0.724. The number of nitrogens with zero attached hydrogens (tertiary/aromatic N) is 1. The second-order valence-electron chi connectivity index (χ2n) is 5.49. The van der Waals surface area contributed by atoms with Gasteiger partial charge in [-0.2, -0.15) is 0 Å². The third kappa shape index (κ3) is 3.45. The number of hydrogen-bond acceptors (Lipinski definition) is 6. The fourth-order valence-electron chi connectivity index (χ4n) is 2.37. The molecule has 0 aliphatic carbocycles.